The second-order valence-corrected chi connectivity index (χ2v) is 26.4. The zero-order valence-corrected chi connectivity index (χ0v) is 56.6. The minimum absolute atomic E-state index is 0.103. The molecule has 0 heterocycles. The van der Waals surface area contributed by atoms with Crippen molar-refractivity contribution in [3.63, 3.8) is 0 Å². The molecule has 0 saturated heterocycles. The van der Waals surface area contributed by atoms with Gasteiger partial charge in [-0.05, 0) is 59.1 Å². The molecule has 0 saturated carbocycles. The number of esters is 1. The standard InChI is InChI=1S/C77H125N3O8/c1-7-9-11-13-15-17-19-21-23-25-27-29-31-33-35-37-39-41-43-49-57-85-64-55-56-70(71(59-64)86-58-50-44-42-40-38-36-34-32-30-28-26-24-22-20-18-16-14-12-10-8-2)88-76(83)74(63(5)6)79-72(81)60-78-75(82)73(62(3)4)80-77(84)87-61-69-67-53-47-45-51-65(67)66-52-46-48-54-68(66)69/h45-48,51-56,59,62-63,69,73-74H,7-44,49-50,57-58,60-61H2,1-6H3,(H,78,82)(H,79,81)(H,80,84)/t73-,74+/m0/s1. The lowest BCUT2D eigenvalue weighted by Crippen LogP contribution is -2.53. The van der Waals surface area contributed by atoms with E-state index in [1.54, 1.807) is 6.07 Å². The molecule has 11 heteroatoms. The van der Waals surface area contributed by atoms with Crippen molar-refractivity contribution in [3.8, 4) is 28.4 Å². The van der Waals surface area contributed by atoms with E-state index in [0.717, 1.165) is 54.4 Å². The van der Waals surface area contributed by atoms with Crippen LogP contribution in [0, 0.1) is 11.8 Å². The molecule has 496 valence electrons. The molecule has 1 aliphatic rings. The average molecular weight is 1220 g/mol. The molecule has 0 radical (unpaired) electrons. The van der Waals surface area contributed by atoms with Crippen molar-refractivity contribution in [2.45, 2.75) is 316 Å². The van der Waals surface area contributed by atoms with Crippen molar-refractivity contribution in [1.29, 1.82) is 0 Å². The maximum atomic E-state index is 13.9. The average Bonchev–Trinajstić information content (AvgIpc) is 3.07. The second kappa shape index (κ2) is 48.7. The molecular formula is C77H125N3O8. The number of alkyl carbamates (subject to hydrolysis) is 1. The molecule has 11 nitrogen and oxygen atoms in total. The zero-order chi connectivity index (χ0) is 63.1. The van der Waals surface area contributed by atoms with Gasteiger partial charge in [-0.15, -0.1) is 0 Å². The first-order chi connectivity index (χ1) is 43.0. The van der Waals surface area contributed by atoms with Gasteiger partial charge < -0.3 is 34.9 Å². The number of unbranched alkanes of at least 4 members (excludes halogenated alkanes) is 38. The van der Waals surface area contributed by atoms with Crippen LogP contribution in [0.15, 0.2) is 66.7 Å². The lowest BCUT2D eigenvalue weighted by atomic mass is 9.98. The summed E-state index contributed by atoms with van der Waals surface area (Å²) in [6.45, 7) is 12.6. The van der Waals surface area contributed by atoms with Crippen LogP contribution in [0.2, 0.25) is 0 Å². The van der Waals surface area contributed by atoms with Gasteiger partial charge >= 0.3 is 12.1 Å². The Hall–Kier alpha value is -5.06. The highest BCUT2D eigenvalue weighted by Crippen LogP contribution is 2.44. The predicted molar refractivity (Wildman–Crippen MR) is 366 cm³/mol. The maximum absolute atomic E-state index is 13.9. The van der Waals surface area contributed by atoms with Gasteiger partial charge in [0, 0.05) is 12.0 Å². The van der Waals surface area contributed by atoms with E-state index in [1.807, 2.05) is 76.2 Å². The van der Waals surface area contributed by atoms with Crippen LogP contribution in [-0.4, -0.2) is 62.3 Å². The SMILES string of the molecule is CCCCCCCCCCCCCCCCCCCCCCOc1ccc(OC(=O)[C@H](NC(=O)CNC(=O)[C@@H](NC(=O)OCC2c3ccccc3-c3ccccc32)C(C)C)C(C)C)c(OCCCCCCCCCCCCCCCCCCCCCC)c1. The lowest BCUT2D eigenvalue weighted by molar-refractivity contribution is -0.140. The Bertz CT molecular complexity index is 2250. The van der Waals surface area contributed by atoms with E-state index >= 15 is 0 Å². The summed E-state index contributed by atoms with van der Waals surface area (Å²) in [6.07, 6.45) is 52.5. The molecule has 88 heavy (non-hydrogen) atoms. The third-order valence-corrected chi connectivity index (χ3v) is 17.9. The van der Waals surface area contributed by atoms with Gasteiger partial charge in [-0.2, -0.15) is 0 Å². The van der Waals surface area contributed by atoms with Crippen molar-refractivity contribution in [1.82, 2.24) is 16.0 Å². The molecule has 3 aromatic rings. The Balaban J connectivity index is 1.17. The fraction of sp³-hybridized carbons (Fsp3) is 0.714. The topological polar surface area (TPSA) is 141 Å². The largest absolute Gasteiger partial charge is 0.493 e. The second-order valence-electron chi connectivity index (χ2n) is 26.4. The summed E-state index contributed by atoms with van der Waals surface area (Å²) < 4.78 is 24.4. The Morgan fingerprint density at radius 3 is 1.19 bits per heavy atom. The van der Waals surface area contributed by atoms with Gasteiger partial charge in [0.15, 0.2) is 11.5 Å². The summed E-state index contributed by atoms with van der Waals surface area (Å²) in [5.41, 5.74) is 4.41. The van der Waals surface area contributed by atoms with Gasteiger partial charge in [-0.3, -0.25) is 9.59 Å². The Kier molecular flexibility index (Phi) is 41.8. The van der Waals surface area contributed by atoms with Crippen LogP contribution >= 0.6 is 0 Å². The van der Waals surface area contributed by atoms with Crippen LogP contribution in [0.25, 0.3) is 11.1 Å². The highest BCUT2D eigenvalue weighted by Gasteiger charge is 2.32. The number of rotatable bonds is 55. The van der Waals surface area contributed by atoms with E-state index in [-0.39, 0.29) is 30.1 Å². The monoisotopic (exact) mass is 1220 g/mol. The summed E-state index contributed by atoms with van der Waals surface area (Å²) in [6, 6.07) is 19.6. The van der Waals surface area contributed by atoms with E-state index in [1.165, 1.54) is 225 Å². The van der Waals surface area contributed by atoms with Gasteiger partial charge in [0.1, 0.15) is 24.4 Å². The lowest BCUT2D eigenvalue weighted by Gasteiger charge is -2.23. The Morgan fingerprint density at radius 2 is 0.795 bits per heavy atom. The molecule has 3 aromatic carbocycles. The van der Waals surface area contributed by atoms with Crippen LogP contribution in [-0.2, 0) is 19.1 Å². The van der Waals surface area contributed by atoms with E-state index < -0.39 is 42.5 Å². The molecular weight excluding hydrogens is 1090 g/mol. The normalized spacial score (nSPS) is 12.6. The third kappa shape index (κ3) is 32.6. The molecule has 0 aliphatic heterocycles. The van der Waals surface area contributed by atoms with Crippen molar-refractivity contribution in [2.75, 3.05) is 26.4 Å². The minimum atomic E-state index is -1.02. The number of benzene rings is 3. The summed E-state index contributed by atoms with van der Waals surface area (Å²) in [5, 5.41) is 8.15. The molecule has 0 aromatic heterocycles. The number of fused-ring (bicyclic) bond motifs is 3. The molecule has 0 bridgehead atoms. The number of nitrogens with one attached hydrogen (secondary N) is 3. The van der Waals surface area contributed by atoms with Crippen molar-refractivity contribution >= 4 is 23.9 Å². The fourth-order valence-electron chi connectivity index (χ4n) is 12.3. The Morgan fingerprint density at radius 1 is 0.420 bits per heavy atom. The summed E-state index contributed by atoms with van der Waals surface area (Å²) >= 11 is 0. The summed E-state index contributed by atoms with van der Waals surface area (Å²) in [4.78, 5) is 54.1. The van der Waals surface area contributed by atoms with Gasteiger partial charge in [0.2, 0.25) is 11.8 Å². The third-order valence-electron chi connectivity index (χ3n) is 17.9. The molecule has 4 rings (SSSR count). The van der Waals surface area contributed by atoms with Crippen LogP contribution < -0.4 is 30.2 Å². The number of carbonyl (C=O) groups is 4. The van der Waals surface area contributed by atoms with Gasteiger partial charge in [0.25, 0.3) is 0 Å². The summed E-state index contributed by atoms with van der Waals surface area (Å²) in [7, 11) is 0. The summed E-state index contributed by atoms with van der Waals surface area (Å²) in [5.74, 6) is -1.19. The van der Waals surface area contributed by atoms with E-state index in [2.05, 4.69) is 41.9 Å². The first-order valence-electron chi connectivity index (χ1n) is 36.3. The van der Waals surface area contributed by atoms with Crippen molar-refractivity contribution in [3.05, 3.63) is 77.9 Å². The maximum Gasteiger partial charge on any atom is 0.407 e. The number of hydrogen-bond acceptors (Lipinski definition) is 8. The number of carbonyl (C=O) groups excluding carboxylic acids is 4. The Labute approximate surface area is 536 Å². The highest BCUT2D eigenvalue weighted by atomic mass is 16.6. The van der Waals surface area contributed by atoms with Gasteiger partial charge in [-0.25, -0.2) is 9.59 Å². The van der Waals surface area contributed by atoms with Crippen molar-refractivity contribution in [2.24, 2.45) is 11.8 Å². The van der Waals surface area contributed by atoms with Crippen molar-refractivity contribution < 1.29 is 38.1 Å². The molecule has 0 spiro atoms. The number of amides is 3. The molecule has 3 amide bonds. The fourth-order valence-corrected chi connectivity index (χ4v) is 12.3. The van der Waals surface area contributed by atoms with E-state index in [4.69, 9.17) is 18.9 Å². The first-order valence-corrected chi connectivity index (χ1v) is 36.3. The zero-order valence-electron chi connectivity index (χ0n) is 56.6. The van der Waals surface area contributed by atoms with Gasteiger partial charge in [0.05, 0.1) is 19.8 Å². The van der Waals surface area contributed by atoms with Gasteiger partial charge in [-0.1, -0.05) is 334 Å². The molecule has 2 atom stereocenters. The quantitative estimate of drug-likeness (QED) is 0.0288. The predicted octanol–water partition coefficient (Wildman–Crippen LogP) is 20.8. The number of hydrogen-bond donors (Lipinski definition) is 3. The van der Waals surface area contributed by atoms with E-state index in [9.17, 15) is 19.2 Å². The molecule has 0 unspecified atom stereocenters. The highest BCUT2D eigenvalue weighted by molar-refractivity contribution is 5.91. The molecule has 3 N–H and O–H groups in total. The smallest absolute Gasteiger partial charge is 0.407 e. The number of ether oxygens (including phenoxy) is 4. The first kappa shape index (κ1) is 75.4. The van der Waals surface area contributed by atoms with Crippen LogP contribution in [0.3, 0.4) is 0 Å². The minimum Gasteiger partial charge on any atom is -0.493 e. The molecule has 0 fully saturated rings. The van der Waals surface area contributed by atoms with E-state index in [0.29, 0.717) is 24.7 Å². The van der Waals surface area contributed by atoms with Crippen LogP contribution in [0.5, 0.6) is 17.2 Å². The molecule has 1 aliphatic carbocycles. The van der Waals surface area contributed by atoms with Crippen LogP contribution in [0.4, 0.5) is 4.79 Å². The van der Waals surface area contributed by atoms with Crippen LogP contribution in [0.1, 0.15) is 315 Å².